The molecule has 2 fully saturated rings. The van der Waals surface area contributed by atoms with E-state index < -0.39 is 0 Å². The molecule has 234 valence electrons. The quantitative estimate of drug-likeness (QED) is 0.329. The molecule has 6 heteroatoms. The number of aryl methyl sites for hydroxylation is 5. The van der Waals surface area contributed by atoms with Crippen molar-refractivity contribution in [2.45, 2.75) is 121 Å². The van der Waals surface area contributed by atoms with E-state index in [1.807, 2.05) is 34.6 Å². The van der Waals surface area contributed by atoms with Crippen LogP contribution in [0.4, 0.5) is 0 Å². The summed E-state index contributed by atoms with van der Waals surface area (Å²) in [5, 5.41) is 3.17. The molecule has 0 spiro atoms. The summed E-state index contributed by atoms with van der Waals surface area (Å²) in [6, 6.07) is 4.45. The molecular weight excluding hydrogens is 508 g/mol. The summed E-state index contributed by atoms with van der Waals surface area (Å²) in [5.74, 6) is 2.17. The standard InChI is InChI=1S/C21H36N4O2.C10H14.2C2H6/c1-3-20-19(23-17(2)27-20)16-25-14-8-18(9-15-25)21(26)22-10-7-13-24-11-5-4-6-12-24;1-7-5-8(2)10(4)9(3)6-7;2*1-2/h18H,3-16H2,1-2H3,(H,22,26);5-6H,1-4H3;2*1-2H3. The van der Waals surface area contributed by atoms with Gasteiger partial charge in [-0.05, 0) is 109 Å². The first kappa shape index (κ1) is 36.8. The highest BCUT2D eigenvalue weighted by atomic mass is 16.4. The van der Waals surface area contributed by atoms with Crippen LogP contribution in [0.2, 0.25) is 0 Å². The first-order chi connectivity index (χ1) is 19.8. The topological polar surface area (TPSA) is 61.6 Å². The van der Waals surface area contributed by atoms with Gasteiger partial charge in [-0.1, -0.05) is 58.7 Å². The van der Waals surface area contributed by atoms with Gasteiger partial charge in [-0.25, -0.2) is 4.98 Å². The Morgan fingerprint density at radius 3 is 2.05 bits per heavy atom. The maximum Gasteiger partial charge on any atom is 0.223 e. The Labute approximate surface area is 252 Å². The van der Waals surface area contributed by atoms with E-state index in [9.17, 15) is 4.79 Å². The van der Waals surface area contributed by atoms with Gasteiger partial charge in [0.05, 0.1) is 5.69 Å². The van der Waals surface area contributed by atoms with Crippen LogP contribution in [-0.4, -0.2) is 60.0 Å². The Morgan fingerprint density at radius 2 is 1.49 bits per heavy atom. The predicted octanol–water partition coefficient (Wildman–Crippen LogP) is 7.72. The highest BCUT2D eigenvalue weighted by Crippen LogP contribution is 2.21. The molecule has 1 amide bonds. The van der Waals surface area contributed by atoms with E-state index in [1.165, 1.54) is 54.6 Å². The van der Waals surface area contributed by atoms with Crippen LogP contribution in [-0.2, 0) is 17.8 Å². The van der Waals surface area contributed by atoms with E-state index in [0.717, 1.165) is 75.8 Å². The molecule has 0 unspecified atom stereocenters. The molecule has 0 atom stereocenters. The zero-order valence-corrected chi connectivity index (χ0v) is 28.3. The molecule has 0 saturated carbocycles. The molecule has 6 nitrogen and oxygen atoms in total. The number of oxazole rings is 1. The van der Waals surface area contributed by atoms with Crippen LogP contribution in [0.3, 0.4) is 0 Å². The number of nitrogens with zero attached hydrogens (tertiary/aromatic N) is 3. The van der Waals surface area contributed by atoms with E-state index in [0.29, 0.717) is 0 Å². The van der Waals surface area contributed by atoms with Gasteiger partial charge in [-0.15, -0.1) is 0 Å². The van der Waals surface area contributed by atoms with Gasteiger partial charge in [0.15, 0.2) is 5.89 Å². The van der Waals surface area contributed by atoms with Crippen LogP contribution in [0.1, 0.15) is 113 Å². The third-order valence-electron chi connectivity index (χ3n) is 8.01. The fourth-order valence-electron chi connectivity index (χ4n) is 5.57. The highest BCUT2D eigenvalue weighted by Gasteiger charge is 2.26. The van der Waals surface area contributed by atoms with E-state index in [2.05, 4.69) is 66.9 Å². The van der Waals surface area contributed by atoms with Gasteiger partial charge in [0, 0.05) is 32.4 Å². The number of rotatable bonds is 8. The maximum atomic E-state index is 12.4. The monoisotopic (exact) mass is 570 g/mol. The van der Waals surface area contributed by atoms with E-state index >= 15 is 0 Å². The number of amides is 1. The molecule has 2 aliphatic heterocycles. The summed E-state index contributed by atoms with van der Waals surface area (Å²) in [6.45, 7) is 27.8. The fraction of sp³-hybridized carbons (Fsp3) is 0.714. The van der Waals surface area contributed by atoms with Gasteiger partial charge in [0.25, 0.3) is 0 Å². The Morgan fingerprint density at radius 1 is 0.902 bits per heavy atom. The molecule has 41 heavy (non-hydrogen) atoms. The molecule has 2 aliphatic rings. The van der Waals surface area contributed by atoms with Crippen LogP contribution in [0.5, 0.6) is 0 Å². The first-order valence-electron chi connectivity index (χ1n) is 16.5. The van der Waals surface area contributed by atoms with Gasteiger partial charge in [-0.2, -0.15) is 0 Å². The molecule has 1 N–H and O–H groups in total. The Kier molecular flexibility index (Phi) is 18.6. The number of piperidine rings is 2. The minimum Gasteiger partial charge on any atom is -0.446 e. The summed E-state index contributed by atoms with van der Waals surface area (Å²) in [7, 11) is 0. The van der Waals surface area contributed by atoms with Crippen molar-refractivity contribution in [1.29, 1.82) is 0 Å². The van der Waals surface area contributed by atoms with Gasteiger partial charge >= 0.3 is 0 Å². The maximum absolute atomic E-state index is 12.4. The lowest BCUT2D eigenvalue weighted by molar-refractivity contribution is -0.126. The second kappa shape index (κ2) is 20.7. The third-order valence-corrected chi connectivity index (χ3v) is 8.01. The number of nitrogens with one attached hydrogen (secondary N) is 1. The van der Waals surface area contributed by atoms with Crippen LogP contribution in [0.15, 0.2) is 16.5 Å². The Bertz CT molecular complexity index is 963. The minimum atomic E-state index is 0.168. The van der Waals surface area contributed by atoms with Gasteiger partial charge in [0.1, 0.15) is 5.76 Å². The average Bonchev–Trinajstić information content (AvgIpc) is 3.36. The lowest BCUT2D eigenvalue weighted by Crippen LogP contribution is -2.41. The zero-order valence-electron chi connectivity index (χ0n) is 28.3. The van der Waals surface area contributed by atoms with Crippen molar-refractivity contribution in [2.24, 2.45) is 5.92 Å². The van der Waals surface area contributed by atoms with Gasteiger partial charge < -0.3 is 14.6 Å². The van der Waals surface area contributed by atoms with Crippen molar-refractivity contribution >= 4 is 5.91 Å². The van der Waals surface area contributed by atoms with Crippen LogP contribution < -0.4 is 5.32 Å². The molecular formula is C35H62N4O2. The molecule has 3 heterocycles. The number of carbonyl (C=O) groups is 1. The number of aromatic nitrogens is 1. The van der Waals surface area contributed by atoms with Gasteiger partial charge in [0.2, 0.25) is 5.91 Å². The number of carbonyl (C=O) groups excluding carboxylic acids is 1. The zero-order chi connectivity index (χ0) is 30.8. The third kappa shape index (κ3) is 13.1. The normalized spacial score (nSPS) is 16.0. The number of benzene rings is 1. The number of likely N-dealkylation sites (tertiary alicyclic amines) is 2. The molecule has 0 bridgehead atoms. The predicted molar refractivity (Wildman–Crippen MR) is 175 cm³/mol. The van der Waals surface area contributed by atoms with E-state index in [1.54, 1.807) is 0 Å². The Balaban J connectivity index is 0.000000501. The van der Waals surface area contributed by atoms with Crippen LogP contribution >= 0.6 is 0 Å². The SMILES string of the molecule is CC.CC.CCc1oc(C)nc1CN1CCC(C(=O)NCCCN2CCCCC2)CC1.Cc1cc(C)c(C)c(C)c1. The molecule has 4 rings (SSSR count). The van der Waals surface area contributed by atoms with Crippen molar-refractivity contribution < 1.29 is 9.21 Å². The fourth-order valence-corrected chi connectivity index (χ4v) is 5.57. The van der Waals surface area contributed by atoms with E-state index in [4.69, 9.17) is 4.42 Å². The summed E-state index contributed by atoms with van der Waals surface area (Å²) in [5.41, 5.74) is 6.65. The number of hydrogen-bond acceptors (Lipinski definition) is 5. The summed E-state index contributed by atoms with van der Waals surface area (Å²) >= 11 is 0. The molecule has 0 aliphatic carbocycles. The summed E-state index contributed by atoms with van der Waals surface area (Å²) < 4.78 is 5.66. The smallest absolute Gasteiger partial charge is 0.223 e. The van der Waals surface area contributed by atoms with Crippen LogP contribution in [0.25, 0.3) is 0 Å². The lowest BCUT2D eigenvalue weighted by atomic mass is 9.95. The molecule has 0 radical (unpaired) electrons. The summed E-state index contributed by atoms with van der Waals surface area (Å²) in [4.78, 5) is 21.9. The second-order valence-electron chi connectivity index (χ2n) is 11.1. The van der Waals surface area contributed by atoms with Crippen molar-refractivity contribution in [1.82, 2.24) is 20.1 Å². The highest BCUT2D eigenvalue weighted by molar-refractivity contribution is 5.78. The summed E-state index contributed by atoms with van der Waals surface area (Å²) in [6.07, 6.45) is 7.87. The van der Waals surface area contributed by atoms with E-state index in [-0.39, 0.29) is 11.8 Å². The molecule has 1 aromatic heterocycles. The van der Waals surface area contributed by atoms with Crippen molar-refractivity contribution in [2.75, 3.05) is 39.3 Å². The first-order valence-corrected chi connectivity index (χ1v) is 16.5. The van der Waals surface area contributed by atoms with Crippen molar-refractivity contribution in [3.8, 4) is 0 Å². The largest absolute Gasteiger partial charge is 0.446 e. The molecule has 2 aromatic rings. The second-order valence-corrected chi connectivity index (χ2v) is 11.1. The molecule has 2 saturated heterocycles. The lowest BCUT2D eigenvalue weighted by Gasteiger charge is -2.31. The minimum absolute atomic E-state index is 0.168. The molecule has 1 aromatic carbocycles. The Hall–Kier alpha value is -2.18. The van der Waals surface area contributed by atoms with Crippen LogP contribution in [0, 0.1) is 40.5 Å². The van der Waals surface area contributed by atoms with Crippen molar-refractivity contribution in [3.63, 3.8) is 0 Å². The van der Waals surface area contributed by atoms with Crippen molar-refractivity contribution in [3.05, 3.63) is 51.7 Å². The number of hydrogen-bond donors (Lipinski definition) is 1. The van der Waals surface area contributed by atoms with Gasteiger partial charge in [-0.3, -0.25) is 9.69 Å². The average molecular weight is 571 g/mol.